The van der Waals surface area contributed by atoms with Crippen LogP contribution in [0.4, 0.5) is 0 Å². The molecular weight excluding hydrogens is 702 g/mol. The van der Waals surface area contributed by atoms with Gasteiger partial charge in [0.15, 0.2) is 6.29 Å². The highest BCUT2D eigenvalue weighted by Gasteiger charge is 2.44. The lowest BCUT2D eigenvalue weighted by atomic mass is 9.98. The van der Waals surface area contributed by atoms with Crippen molar-refractivity contribution >= 4 is 5.91 Å². The molecular formula is C44H83NO10. The number of aliphatic hydroxyl groups excluding tert-OH is 7. The SMILES string of the molecule is CCCCC/C=C\C=C/CCCCCCCC(O)C(=O)NC(COC1OC(CO)C(O)C(O)C1O)C(O)C(O)CCCCCCCCCCCCCCCC. The van der Waals surface area contributed by atoms with Crippen LogP contribution in [0.5, 0.6) is 0 Å². The molecule has 11 heteroatoms. The fourth-order valence-corrected chi connectivity index (χ4v) is 7.02. The first kappa shape index (κ1) is 51.6. The summed E-state index contributed by atoms with van der Waals surface area (Å²) < 4.78 is 11.1. The highest BCUT2D eigenvalue weighted by molar-refractivity contribution is 5.80. The van der Waals surface area contributed by atoms with E-state index in [0.29, 0.717) is 19.3 Å². The van der Waals surface area contributed by atoms with Crippen molar-refractivity contribution in [3.63, 3.8) is 0 Å². The molecule has 55 heavy (non-hydrogen) atoms. The standard InChI is InChI=1S/C44H83NO10/c1-3-5-7-9-11-13-15-17-19-21-23-25-27-29-31-36(47)39(49)35(34-54-44-42(52)41(51)40(50)38(33-46)55-44)45-43(53)37(48)32-30-28-26-24-22-20-18-16-14-12-10-8-6-4-2/h12,14,16,18,35-42,44,46-52H,3-11,13,15,17,19-34H2,1-2H3,(H,45,53)/b14-12-,18-16-. The number of unbranched alkanes of at least 4 members (excludes halogenated alkanes) is 21. The molecule has 9 unspecified atom stereocenters. The molecule has 0 saturated carbocycles. The van der Waals surface area contributed by atoms with Gasteiger partial charge in [0.2, 0.25) is 5.91 Å². The van der Waals surface area contributed by atoms with Crippen LogP contribution < -0.4 is 5.32 Å². The molecule has 1 saturated heterocycles. The topological polar surface area (TPSA) is 189 Å². The number of hydrogen-bond acceptors (Lipinski definition) is 10. The Balaban J connectivity index is 2.50. The Kier molecular flexibility index (Phi) is 32.5. The lowest BCUT2D eigenvalue weighted by molar-refractivity contribution is -0.303. The first-order valence-corrected chi connectivity index (χ1v) is 22.3. The maximum atomic E-state index is 13.0. The zero-order valence-corrected chi connectivity index (χ0v) is 34.7. The number of amides is 1. The van der Waals surface area contributed by atoms with Crippen molar-refractivity contribution in [2.24, 2.45) is 0 Å². The van der Waals surface area contributed by atoms with E-state index >= 15 is 0 Å². The summed E-state index contributed by atoms with van der Waals surface area (Å²) in [5.74, 6) is -0.710. The lowest BCUT2D eigenvalue weighted by Crippen LogP contribution is -2.60. The van der Waals surface area contributed by atoms with E-state index in [-0.39, 0.29) is 6.42 Å². The summed E-state index contributed by atoms with van der Waals surface area (Å²) in [7, 11) is 0. The zero-order valence-electron chi connectivity index (χ0n) is 34.7. The molecule has 11 nitrogen and oxygen atoms in total. The summed E-state index contributed by atoms with van der Waals surface area (Å²) in [6.45, 7) is 3.38. The van der Waals surface area contributed by atoms with Gasteiger partial charge in [-0.1, -0.05) is 167 Å². The normalized spacial score (nSPS) is 22.7. The molecule has 0 aromatic carbocycles. The van der Waals surface area contributed by atoms with E-state index in [1.54, 1.807) is 0 Å². The number of allylic oxidation sites excluding steroid dienone is 4. The smallest absolute Gasteiger partial charge is 0.249 e. The average molecular weight is 786 g/mol. The number of ether oxygens (including phenoxy) is 2. The van der Waals surface area contributed by atoms with Crippen LogP contribution in [0.3, 0.4) is 0 Å². The molecule has 0 aromatic rings. The molecule has 0 aromatic heterocycles. The van der Waals surface area contributed by atoms with Gasteiger partial charge < -0.3 is 50.5 Å². The number of nitrogens with one attached hydrogen (secondary N) is 1. The second-order valence-electron chi connectivity index (χ2n) is 15.8. The minimum atomic E-state index is -1.66. The maximum absolute atomic E-state index is 13.0. The van der Waals surface area contributed by atoms with Crippen molar-refractivity contribution in [2.75, 3.05) is 13.2 Å². The third-order valence-electron chi connectivity index (χ3n) is 10.8. The van der Waals surface area contributed by atoms with Gasteiger partial charge in [-0.05, 0) is 38.5 Å². The predicted octanol–water partition coefficient (Wildman–Crippen LogP) is 6.67. The number of carbonyl (C=O) groups is 1. The van der Waals surface area contributed by atoms with Crippen LogP contribution in [0.2, 0.25) is 0 Å². The third kappa shape index (κ3) is 24.9. The fraction of sp³-hybridized carbons (Fsp3) is 0.886. The third-order valence-corrected chi connectivity index (χ3v) is 10.8. The van der Waals surface area contributed by atoms with Gasteiger partial charge in [-0.25, -0.2) is 0 Å². The summed E-state index contributed by atoms with van der Waals surface area (Å²) in [6, 6.07) is -1.17. The predicted molar refractivity (Wildman–Crippen MR) is 219 cm³/mol. The molecule has 8 N–H and O–H groups in total. The number of carbonyl (C=O) groups excluding carboxylic acids is 1. The van der Waals surface area contributed by atoms with Crippen molar-refractivity contribution in [1.82, 2.24) is 5.32 Å². The Morgan fingerprint density at radius 1 is 0.636 bits per heavy atom. The van der Waals surface area contributed by atoms with Crippen LogP contribution in [0.25, 0.3) is 0 Å². The van der Waals surface area contributed by atoms with Crippen molar-refractivity contribution in [3.8, 4) is 0 Å². The van der Waals surface area contributed by atoms with Crippen molar-refractivity contribution < 1.29 is 50.0 Å². The molecule has 1 aliphatic heterocycles. The number of hydrogen-bond donors (Lipinski definition) is 8. The highest BCUT2D eigenvalue weighted by Crippen LogP contribution is 2.23. The van der Waals surface area contributed by atoms with Crippen LogP contribution in [0.1, 0.15) is 181 Å². The van der Waals surface area contributed by atoms with E-state index in [9.17, 15) is 40.5 Å². The second-order valence-corrected chi connectivity index (χ2v) is 15.8. The zero-order chi connectivity index (χ0) is 40.5. The molecule has 0 bridgehead atoms. The molecule has 0 aliphatic carbocycles. The van der Waals surface area contributed by atoms with Gasteiger partial charge >= 0.3 is 0 Å². The van der Waals surface area contributed by atoms with Crippen LogP contribution >= 0.6 is 0 Å². The molecule has 1 heterocycles. The molecule has 324 valence electrons. The first-order chi connectivity index (χ1) is 26.7. The molecule has 1 amide bonds. The van der Waals surface area contributed by atoms with Gasteiger partial charge in [-0.3, -0.25) is 4.79 Å². The van der Waals surface area contributed by atoms with Crippen molar-refractivity contribution in [2.45, 2.75) is 236 Å². The van der Waals surface area contributed by atoms with E-state index in [4.69, 9.17) is 9.47 Å². The van der Waals surface area contributed by atoms with Gasteiger partial charge in [0.25, 0.3) is 0 Å². The maximum Gasteiger partial charge on any atom is 0.249 e. The molecule has 9 atom stereocenters. The summed E-state index contributed by atoms with van der Waals surface area (Å²) in [4.78, 5) is 13.0. The Bertz CT molecular complexity index is 950. The van der Waals surface area contributed by atoms with E-state index in [1.807, 2.05) is 0 Å². The Labute approximate surface area is 334 Å². The largest absolute Gasteiger partial charge is 0.394 e. The summed E-state index contributed by atoms with van der Waals surface area (Å²) in [5, 5.41) is 75.5. The minimum Gasteiger partial charge on any atom is -0.394 e. The van der Waals surface area contributed by atoms with Gasteiger partial charge in [-0.2, -0.15) is 0 Å². The quantitative estimate of drug-likeness (QED) is 0.0252. The molecule has 0 radical (unpaired) electrons. The van der Waals surface area contributed by atoms with Crippen LogP contribution in [-0.2, 0) is 14.3 Å². The first-order valence-electron chi connectivity index (χ1n) is 22.3. The van der Waals surface area contributed by atoms with E-state index in [0.717, 1.165) is 57.8 Å². The molecule has 1 fully saturated rings. The molecule has 1 aliphatic rings. The van der Waals surface area contributed by atoms with Crippen LogP contribution in [0, 0.1) is 0 Å². The average Bonchev–Trinajstić information content (AvgIpc) is 3.18. The van der Waals surface area contributed by atoms with E-state index < -0.39 is 74.2 Å². The fourth-order valence-electron chi connectivity index (χ4n) is 7.02. The van der Waals surface area contributed by atoms with Gasteiger partial charge in [-0.15, -0.1) is 0 Å². The number of rotatable bonds is 36. The van der Waals surface area contributed by atoms with Gasteiger partial charge in [0, 0.05) is 0 Å². The Morgan fingerprint density at radius 3 is 1.62 bits per heavy atom. The van der Waals surface area contributed by atoms with Crippen LogP contribution in [-0.4, -0.2) is 110 Å². The Morgan fingerprint density at radius 2 is 1.09 bits per heavy atom. The van der Waals surface area contributed by atoms with E-state index in [2.05, 4.69) is 43.5 Å². The summed E-state index contributed by atoms with van der Waals surface area (Å²) in [5.41, 5.74) is 0. The number of aliphatic hydroxyl groups is 7. The van der Waals surface area contributed by atoms with Crippen molar-refractivity contribution in [1.29, 1.82) is 0 Å². The highest BCUT2D eigenvalue weighted by atomic mass is 16.7. The summed E-state index contributed by atoms with van der Waals surface area (Å²) >= 11 is 0. The van der Waals surface area contributed by atoms with Gasteiger partial charge in [0.05, 0.1) is 25.4 Å². The van der Waals surface area contributed by atoms with Crippen LogP contribution in [0.15, 0.2) is 24.3 Å². The van der Waals surface area contributed by atoms with Crippen molar-refractivity contribution in [3.05, 3.63) is 24.3 Å². The molecule has 1 rings (SSSR count). The second kappa shape index (κ2) is 34.6. The lowest BCUT2D eigenvalue weighted by Gasteiger charge is -2.40. The monoisotopic (exact) mass is 786 g/mol. The summed E-state index contributed by atoms with van der Waals surface area (Å²) in [6.07, 6.45) is 25.0. The van der Waals surface area contributed by atoms with Gasteiger partial charge in [0.1, 0.15) is 36.6 Å². The minimum absolute atomic E-state index is 0.243. The van der Waals surface area contributed by atoms with E-state index in [1.165, 1.54) is 83.5 Å². The molecule has 0 spiro atoms. The Hall–Kier alpha value is -1.41.